The Hall–Kier alpha value is -5.22. The molecule has 0 amide bonds. The zero-order chi connectivity index (χ0) is 37.6. The van der Waals surface area contributed by atoms with Crippen molar-refractivity contribution in [3.63, 3.8) is 0 Å². The summed E-state index contributed by atoms with van der Waals surface area (Å²) in [5.41, 5.74) is 17.1. The Morgan fingerprint density at radius 3 is 1.36 bits per heavy atom. The van der Waals surface area contributed by atoms with E-state index in [4.69, 9.17) is 19.9 Å². The van der Waals surface area contributed by atoms with Crippen molar-refractivity contribution in [3.05, 3.63) is 144 Å². The largest absolute Gasteiger partial charge is 0.252 e. The molecule has 7 aromatic rings. The normalized spacial score (nSPS) is 23.1. The quantitative estimate of drug-likeness (QED) is 0.182. The van der Waals surface area contributed by atoms with Gasteiger partial charge in [0.2, 0.25) is 0 Å². The van der Waals surface area contributed by atoms with Crippen LogP contribution in [0.2, 0.25) is 0 Å². The predicted molar refractivity (Wildman–Crippen MR) is 228 cm³/mol. The van der Waals surface area contributed by atoms with E-state index in [2.05, 4.69) is 123 Å². The summed E-state index contributed by atoms with van der Waals surface area (Å²) in [6.45, 7) is 8.78. The Balaban J connectivity index is 0.000000143. The van der Waals surface area contributed by atoms with Crippen LogP contribution in [0.1, 0.15) is 120 Å². The van der Waals surface area contributed by atoms with E-state index < -0.39 is 0 Å². The molecule has 2 atom stereocenters. The predicted octanol–water partition coefficient (Wildman–Crippen LogP) is 13.5. The number of fused-ring (bicyclic) bond motifs is 7. The van der Waals surface area contributed by atoms with Gasteiger partial charge in [0, 0.05) is 16.4 Å². The second-order valence-electron chi connectivity index (χ2n) is 16.7. The molecule has 13 rings (SSSR count). The molecule has 2 fully saturated rings. The van der Waals surface area contributed by atoms with Gasteiger partial charge in [-0.05, 0) is 121 Å². The summed E-state index contributed by atoms with van der Waals surface area (Å²) in [5.74, 6) is 1.50. The molecule has 276 valence electrons. The number of hydrogen-bond acceptors (Lipinski definition) is 4. The molecule has 55 heavy (non-hydrogen) atoms. The summed E-state index contributed by atoms with van der Waals surface area (Å²) in [6, 6.07) is 40.8. The zero-order valence-electron chi connectivity index (χ0n) is 32.9. The van der Waals surface area contributed by atoms with Crippen molar-refractivity contribution in [1.82, 2.24) is 19.9 Å². The first-order valence-corrected chi connectivity index (χ1v) is 20.8. The van der Waals surface area contributed by atoms with Crippen molar-refractivity contribution in [2.24, 2.45) is 0 Å². The number of nitrogens with zero attached hydrogens (tertiary/aromatic N) is 4. The van der Waals surface area contributed by atoms with E-state index in [0.717, 1.165) is 45.2 Å². The number of hydrogen-bond donors (Lipinski definition) is 0. The zero-order valence-corrected chi connectivity index (χ0v) is 32.9. The fourth-order valence-corrected chi connectivity index (χ4v) is 9.95. The van der Waals surface area contributed by atoms with Gasteiger partial charge in [-0.1, -0.05) is 125 Å². The first kappa shape index (κ1) is 35.5. The monoisotopic (exact) mass is 720 g/mol. The lowest BCUT2D eigenvalue weighted by Gasteiger charge is -2.50. The molecule has 4 nitrogen and oxygen atoms in total. The fraction of sp³-hybridized carbons (Fsp3) is 0.333. The van der Waals surface area contributed by atoms with E-state index in [0.29, 0.717) is 0 Å². The molecule has 2 heterocycles. The van der Waals surface area contributed by atoms with Crippen LogP contribution in [-0.2, 0) is 10.8 Å². The third-order valence-corrected chi connectivity index (χ3v) is 13.2. The van der Waals surface area contributed by atoms with Crippen LogP contribution in [0.25, 0.3) is 55.6 Å². The Labute approximate surface area is 326 Å². The van der Waals surface area contributed by atoms with Gasteiger partial charge in [-0.15, -0.1) is 0 Å². The van der Waals surface area contributed by atoms with Crippen LogP contribution in [0.3, 0.4) is 0 Å². The first-order chi connectivity index (χ1) is 26.9. The van der Waals surface area contributed by atoms with Crippen LogP contribution >= 0.6 is 0 Å². The SMILES string of the molecule is CC.CC12CCC(C)(CC1)c1nc3cc(-c4ccccc4)c(-c4ccccc4)cc3nc12.c1ccc(-c2cnc3cc4c(cc3n2)C2CCCC4CC2)cc1. The number of rotatable bonds is 3. The van der Waals surface area contributed by atoms with E-state index in [1.54, 1.807) is 11.1 Å². The molecule has 4 bridgehead atoms. The van der Waals surface area contributed by atoms with Crippen molar-refractivity contribution in [2.45, 2.75) is 108 Å². The van der Waals surface area contributed by atoms with Crippen molar-refractivity contribution >= 4 is 22.1 Å². The topological polar surface area (TPSA) is 51.6 Å². The lowest BCUT2D eigenvalue weighted by atomic mass is 9.55. The average Bonchev–Trinajstić information content (AvgIpc) is 3.60. The summed E-state index contributed by atoms with van der Waals surface area (Å²) in [4.78, 5) is 20.2. The minimum Gasteiger partial charge on any atom is -0.252 e. The van der Waals surface area contributed by atoms with Crippen LogP contribution in [0.4, 0.5) is 0 Å². The number of aromatic nitrogens is 4. The molecule has 0 radical (unpaired) electrons. The summed E-state index contributed by atoms with van der Waals surface area (Å²) in [7, 11) is 0. The standard InChI is InChI=1S/C28H26N2.C21H20N2.C2H6/c1-27-13-15-28(2,16-14-27)26-25(27)29-23-17-21(19-9-5-3-6-10-19)22(18-24(23)30-26)20-11-7-4-8-12-20;1-2-5-16(6-3-1)21-13-22-19-11-17-14-7-4-8-15(10-9-14)18(17)12-20(19)23-21;1-2/h3-12,17-18H,13-16H2,1-2H3;1-3,5-6,11-15H,4,7-10H2;1-2H3. The molecule has 6 aliphatic rings. The molecular weight excluding hydrogens is 669 g/mol. The first-order valence-electron chi connectivity index (χ1n) is 20.8. The molecule has 2 unspecified atom stereocenters. The molecule has 0 N–H and O–H groups in total. The van der Waals surface area contributed by atoms with Gasteiger partial charge in [-0.2, -0.15) is 0 Å². The Morgan fingerprint density at radius 1 is 0.473 bits per heavy atom. The summed E-state index contributed by atoms with van der Waals surface area (Å²) in [5, 5.41) is 0. The lowest BCUT2D eigenvalue weighted by molar-refractivity contribution is 0.177. The number of benzene rings is 5. The van der Waals surface area contributed by atoms with Crippen LogP contribution < -0.4 is 0 Å². The molecule has 5 aromatic carbocycles. The highest BCUT2D eigenvalue weighted by atomic mass is 14.9. The van der Waals surface area contributed by atoms with Gasteiger partial charge in [0.05, 0.1) is 45.3 Å². The van der Waals surface area contributed by atoms with E-state index >= 15 is 0 Å². The van der Waals surface area contributed by atoms with E-state index in [1.165, 1.54) is 91.4 Å². The second-order valence-corrected chi connectivity index (χ2v) is 16.7. The maximum atomic E-state index is 5.27. The highest BCUT2D eigenvalue weighted by molar-refractivity contribution is 5.93. The maximum Gasteiger partial charge on any atom is 0.0897 e. The van der Waals surface area contributed by atoms with Gasteiger partial charge in [0.25, 0.3) is 0 Å². The van der Waals surface area contributed by atoms with Gasteiger partial charge < -0.3 is 0 Å². The van der Waals surface area contributed by atoms with Gasteiger partial charge >= 0.3 is 0 Å². The van der Waals surface area contributed by atoms with Gasteiger partial charge in [-0.25, -0.2) is 15.0 Å². The van der Waals surface area contributed by atoms with Crippen LogP contribution in [0.15, 0.2) is 121 Å². The van der Waals surface area contributed by atoms with Crippen LogP contribution in [-0.4, -0.2) is 19.9 Å². The van der Waals surface area contributed by atoms with Crippen molar-refractivity contribution < 1.29 is 0 Å². The molecule has 2 saturated carbocycles. The van der Waals surface area contributed by atoms with Crippen LogP contribution in [0.5, 0.6) is 0 Å². The maximum absolute atomic E-state index is 5.27. The fourth-order valence-electron chi connectivity index (χ4n) is 9.95. The highest BCUT2D eigenvalue weighted by Crippen LogP contribution is 2.55. The smallest absolute Gasteiger partial charge is 0.0897 e. The molecule has 6 aliphatic carbocycles. The van der Waals surface area contributed by atoms with Crippen molar-refractivity contribution in [1.29, 1.82) is 0 Å². The van der Waals surface area contributed by atoms with Crippen molar-refractivity contribution in [2.75, 3.05) is 0 Å². The van der Waals surface area contributed by atoms with E-state index in [9.17, 15) is 0 Å². The van der Waals surface area contributed by atoms with E-state index in [-0.39, 0.29) is 10.8 Å². The average molecular weight is 721 g/mol. The van der Waals surface area contributed by atoms with E-state index in [1.807, 2.05) is 26.1 Å². The highest BCUT2D eigenvalue weighted by Gasteiger charge is 2.50. The molecule has 0 spiro atoms. The van der Waals surface area contributed by atoms with Gasteiger partial charge in [-0.3, -0.25) is 4.98 Å². The molecule has 2 aromatic heterocycles. The second kappa shape index (κ2) is 14.5. The minimum absolute atomic E-state index is 0.180. The van der Waals surface area contributed by atoms with Crippen LogP contribution in [0, 0.1) is 0 Å². The Kier molecular flexibility index (Phi) is 9.32. The lowest BCUT2D eigenvalue weighted by Crippen LogP contribution is -2.45. The third-order valence-electron chi connectivity index (χ3n) is 13.2. The Bertz CT molecular complexity index is 2360. The van der Waals surface area contributed by atoms with Gasteiger partial charge in [0.15, 0.2) is 0 Å². The summed E-state index contributed by atoms with van der Waals surface area (Å²) in [6.07, 6.45) is 13.6. The molecule has 0 aliphatic heterocycles. The third kappa shape index (κ3) is 6.44. The van der Waals surface area contributed by atoms with Crippen molar-refractivity contribution in [3.8, 4) is 33.5 Å². The molecular formula is C51H52N4. The Morgan fingerprint density at radius 2 is 0.891 bits per heavy atom. The molecule has 0 saturated heterocycles. The minimum atomic E-state index is 0.180. The molecule has 4 heteroatoms. The van der Waals surface area contributed by atoms with Gasteiger partial charge in [0.1, 0.15) is 0 Å². The summed E-state index contributed by atoms with van der Waals surface area (Å²) < 4.78 is 0. The summed E-state index contributed by atoms with van der Waals surface area (Å²) >= 11 is 0.